The Labute approximate surface area is 272 Å². The van der Waals surface area contributed by atoms with E-state index in [-0.39, 0.29) is 0 Å². The molecule has 0 aliphatic rings. The van der Waals surface area contributed by atoms with Crippen LogP contribution >= 0.6 is 0 Å². The standard InChI is InChI=1S/C30H33N3O15/c1-7-22(34)43-16-19(46-25(37)10-4)13-31-28(40)32(14-20(47-26(38)11-5)17-44-23(35)8-2)30(42)33(29(31)41)15-21(48-27(39)12-6)18-45-24(36)9-3/h7-12,19-21H,1-6,13-18H2. The normalized spacial score (nSPS) is 12.0. The van der Waals surface area contributed by atoms with Gasteiger partial charge in [0, 0.05) is 36.5 Å². The van der Waals surface area contributed by atoms with Gasteiger partial charge in [0.15, 0.2) is 18.3 Å². The molecule has 1 aromatic rings. The third-order valence-corrected chi connectivity index (χ3v) is 5.63. The van der Waals surface area contributed by atoms with Crippen molar-refractivity contribution in [3.63, 3.8) is 0 Å². The van der Waals surface area contributed by atoms with Crippen molar-refractivity contribution in [2.75, 3.05) is 19.8 Å². The molecule has 3 unspecified atom stereocenters. The van der Waals surface area contributed by atoms with Gasteiger partial charge in [-0.05, 0) is 0 Å². The van der Waals surface area contributed by atoms with E-state index in [4.69, 9.17) is 28.4 Å². The monoisotopic (exact) mass is 675 g/mol. The minimum atomic E-state index is -1.53. The molecular weight excluding hydrogens is 642 g/mol. The van der Waals surface area contributed by atoms with Gasteiger partial charge in [-0.15, -0.1) is 0 Å². The molecular formula is C30H33N3O15. The maximum Gasteiger partial charge on any atom is 0.336 e. The Bertz CT molecular complexity index is 1420. The molecule has 0 fully saturated rings. The van der Waals surface area contributed by atoms with Gasteiger partial charge in [-0.3, -0.25) is 0 Å². The highest BCUT2D eigenvalue weighted by atomic mass is 16.6. The van der Waals surface area contributed by atoms with E-state index in [1.807, 2.05) is 0 Å². The molecule has 1 heterocycles. The molecule has 0 radical (unpaired) electrons. The number of carbonyl (C=O) groups excluding carboxylic acids is 6. The van der Waals surface area contributed by atoms with Gasteiger partial charge in [-0.1, -0.05) is 39.5 Å². The second kappa shape index (κ2) is 19.9. The molecule has 0 saturated carbocycles. The first-order chi connectivity index (χ1) is 22.7. The predicted octanol–water partition coefficient (Wildman–Crippen LogP) is -1.35. The van der Waals surface area contributed by atoms with Crippen molar-refractivity contribution in [2.45, 2.75) is 37.9 Å². The van der Waals surface area contributed by atoms with Crippen LogP contribution in [-0.4, -0.2) is 87.6 Å². The van der Waals surface area contributed by atoms with Crippen molar-refractivity contribution in [3.8, 4) is 0 Å². The molecule has 1 rings (SSSR count). The maximum atomic E-state index is 13.7. The Hall–Kier alpha value is -6.33. The highest BCUT2D eigenvalue weighted by molar-refractivity contribution is 5.83. The average molecular weight is 676 g/mol. The summed E-state index contributed by atoms with van der Waals surface area (Å²) in [5.74, 6) is -5.99. The molecule has 0 aromatic carbocycles. The van der Waals surface area contributed by atoms with E-state index in [0.29, 0.717) is 13.7 Å². The van der Waals surface area contributed by atoms with Crippen LogP contribution in [0.4, 0.5) is 0 Å². The molecule has 0 saturated heterocycles. The number of hydrogen-bond donors (Lipinski definition) is 0. The summed E-state index contributed by atoms with van der Waals surface area (Å²) in [6.07, 6.45) is 0.0159. The second-order valence-electron chi connectivity index (χ2n) is 8.97. The van der Waals surface area contributed by atoms with E-state index >= 15 is 0 Å². The fourth-order valence-corrected chi connectivity index (χ4v) is 3.47. The second-order valence-corrected chi connectivity index (χ2v) is 8.97. The molecule has 3 atom stereocenters. The van der Waals surface area contributed by atoms with Crippen LogP contribution in [0, 0.1) is 0 Å². The van der Waals surface area contributed by atoms with E-state index in [9.17, 15) is 43.2 Å². The Morgan fingerprint density at radius 2 is 0.646 bits per heavy atom. The van der Waals surface area contributed by atoms with Crippen molar-refractivity contribution in [1.29, 1.82) is 0 Å². The number of esters is 6. The highest BCUT2D eigenvalue weighted by Gasteiger charge is 2.27. The molecule has 1 aromatic heterocycles. The van der Waals surface area contributed by atoms with Crippen molar-refractivity contribution < 1.29 is 57.2 Å². The zero-order valence-corrected chi connectivity index (χ0v) is 25.6. The summed E-state index contributed by atoms with van der Waals surface area (Å²) >= 11 is 0. The third kappa shape index (κ3) is 12.6. The van der Waals surface area contributed by atoms with Crippen LogP contribution in [0.5, 0.6) is 0 Å². The quantitative estimate of drug-likeness (QED) is 0.0835. The van der Waals surface area contributed by atoms with Gasteiger partial charge in [0.05, 0.1) is 19.6 Å². The van der Waals surface area contributed by atoms with Crippen molar-refractivity contribution in [3.05, 3.63) is 107 Å². The third-order valence-electron chi connectivity index (χ3n) is 5.63. The number of rotatable bonds is 21. The van der Waals surface area contributed by atoms with Crippen LogP contribution < -0.4 is 17.1 Å². The molecule has 0 bridgehead atoms. The summed E-state index contributed by atoms with van der Waals surface area (Å²) in [5, 5.41) is 0. The van der Waals surface area contributed by atoms with Gasteiger partial charge in [0.1, 0.15) is 19.8 Å². The van der Waals surface area contributed by atoms with E-state index in [1.54, 1.807) is 0 Å². The minimum Gasteiger partial charge on any atom is -0.459 e. The largest absolute Gasteiger partial charge is 0.459 e. The predicted molar refractivity (Wildman–Crippen MR) is 163 cm³/mol. The highest BCUT2D eigenvalue weighted by Crippen LogP contribution is 2.03. The van der Waals surface area contributed by atoms with Crippen molar-refractivity contribution >= 4 is 35.8 Å². The lowest BCUT2D eigenvalue weighted by atomic mass is 10.3. The Balaban J connectivity index is 3.93. The maximum absolute atomic E-state index is 13.7. The van der Waals surface area contributed by atoms with Crippen LogP contribution in [-0.2, 0) is 76.8 Å². The van der Waals surface area contributed by atoms with Crippen LogP contribution in [0.3, 0.4) is 0 Å². The molecule has 258 valence electrons. The average Bonchev–Trinajstić information content (AvgIpc) is 3.08. The number of nitrogens with zero attached hydrogens (tertiary/aromatic N) is 3. The summed E-state index contributed by atoms with van der Waals surface area (Å²) < 4.78 is 31.2. The van der Waals surface area contributed by atoms with E-state index in [0.717, 1.165) is 36.5 Å². The fraction of sp³-hybridized carbons (Fsp3) is 0.300. The molecule has 18 heteroatoms. The van der Waals surface area contributed by atoms with Gasteiger partial charge in [-0.2, -0.15) is 0 Å². The van der Waals surface area contributed by atoms with Crippen molar-refractivity contribution in [1.82, 2.24) is 13.7 Å². The Morgan fingerprint density at radius 3 is 0.833 bits per heavy atom. The van der Waals surface area contributed by atoms with Crippen LogP contribution in [0.25, 0.3) is 0 Å². The Morgan fingerprint density at radius 1 is 0.438 bits per heavy atom. The van der Waals surface area contributed by atoms with Gasteiger partial charge in [-0.25, -0.2) is 56.9 Å². The summed E-state index contributed by atoms with van der Waals surface area (Å²) in [7, 11) is 0. The van der Waals surface area contributed by atoms with Gasteiger partial charge >= 0.3 is 52.9 Å². The van der Waals surface area contributed by atoms with Gasteiger partial charge in [0.2, 0.25) is 0 Å². The smallest absolute Gasteiger partial charge is 0.336 e. The van der Waals surface area contributed by atoms with Crippen molar-refractivity contribution in [2.24, 2.45) is 0 Å². The van der Waals surface area contributed by atoms with E-state index < -0.39 is 111 Å². The number of carbonyl (C=O) groups is 6. The first kappa shape index (κ1) is 39.7. The topological polar surface area (TPSA) is 224 Å². The molecule has 18 nitrogen and oxygen atoms in total. The number of hydrogen-bond acceptors (Lipinski definition) is 15. The summed E-state index contributed by atoms with van der Waals surface area (Å²) in [6, 6.07) is 0. The van der Waals surface area contributed by atoms with Crippen LogP contribution in [0.2, 0.25) is 0 Å². The summed E-state index contributed by atoms with van der Waals surface area (Å²) in [6.45, 7) is 14.8. The van der Waals surface area contributed by atoms with Crippen LogP contribution in [0.15, 0.2) is 90.3 Å². The summed E-state index contributed by atoms with van der Waals surface area (Å²) in [4.78, 5) is 112. The molecule has 0 amide bonds. The lowest BCUT2D eigenvalue weighted by molar-refractivity contribution is -0.154. The molecule has 0 aliphatic heterocycles. The lowest BCUT2D eigenvalue weighted by Gasteiger charge is -2.23. The fourth-order valence-electron chi connectivity index (χ4n) is 3.47. The van der Waals surface area contributed by atoms with E-state index in [2.05, 4.69) is 39.5 Å². The van der Waals surface area contributed by atoms with Gasteiger partial charge < -0.3 is 28.4 Å². The molecule has 48 heavy (non-hydrogen) atoms. The van der Waals surface area contributed by atoms with Gasteiger partial charge in [0.25, 0.3) is 0 Å². The van der Waals surface area contributed by atoms with Crippen LogP contribution in [0.1, 0.15) is 0 Å². The number of ether oxygens (including phenoxy) is 6. The first-order valence-electron chi connectivity index (χ1n) is 13.6. The molecule has 0 aliphatic carbocycles. The SMILES string of the molecule is C=CC(=O)OCC(Cn1c(=O)n(CC(COC(=O)C=C)OC(=O)C=C)c(=O)n(CC(COC(=O)C=C)OC(=O)C=C)c1=O)OC(=O)C=C. The van der Waals surface area contributed by atoms with E-state index in [1.165, 1.54) is 0 Å². The molecule has 0 N–H and O–H groups in total. The minimum absolute atomic E-state index is 0.397. The molecule has 0 spiro atoms. The summed E-state index contributed by atoms with van der Waals surface area (Å²) in [5.41, 5.74) is -4.07. The lowest BCUT2D eigenvalue weighted by Crippen LogP contribution is -2.58. The Kier molecular flexibility index (Phi) is 16.5. The number of aromatic nitrogens is 3. The zero-order valence-electron chi connectivity index (χ0n) is 25.6. The first-order valence-corrected chi connectivity index (χ1v) is 13.6. The zero-order chi connectivity index (χ0) is 36.4.